The van der Waals surface area contributed by atoms with E-state index in [1.54, 1.807) is 4.52 Å². The monoisotopic (exact) mass is 332 g/mol. The fraction of sp³-hybridized carbons (Fsp3) is 0.444. The van der Waals surface area contributed by atoms with Gasteiger partial charge in [0.2, 0.25) is 0 Å². The fourth-order valence-corrected chi connectivity index (χ4v) is 2.65. The van der Waals surface area contributed by atoms with Crippen LogP contribution in [-0.4, -0.2) is 32.8 Å². The summed E-state index contributed by atoms with van der Waals surface area (Å²) in [6.45, 7) is 1.41. The number of imidazole rings is 1. The summed E-state index contributed by atoms with van der Waals surface area (Å²) in [5, 5.41) is 4.15. The van der Waals surface area contributed by atoms with Crippen LogP contribution in [0.5, 0.6) is 0 Å². The van der Waals surface area contributed by atoms with Crippen LogP contribution in [0.4, 0.5) is 0 Å². The molecule has 1 unspecified atom stereocenters. The van der Waals surface area contributed by atoms with Crippen molar-refractivity contribution in [1.29, 1.82) is 0 Å². The number of nitrogens with one attached hydrogen (secondary N) is 1. The Morgan fingerprint density at radius 1 is 1.62 bits per heavy atom. The molecule has 2 aromatic heterocycles. The Morgan fingerprint density at radius 3 is 3.25 bits per heavy atom. The first-order valence-electron chi connectivity index (χ1n) is 4.97. The van der Waals surface area contributed by atoms with Crippen molar-refractivity contribution in [1.82, 2.24) is 19.6 Å². The van der Waals surface area contributed by atoms with Gasteiger partial charge >= 0.3 is 0 Å². The highest BCUT2D eigenvalue weighted by atomic mass is 127. The molecule has 6 nitrogen and oxygen atoms in total. The lowest BCUT2D eigenvalue weighted by molar-refractivity contribution is 0.193. The van der Waals surface area contributed by atoms with Crippen molar-refractivity contribution in [3.63, 3.8) is 0 Å². The first-order valence-corrected chi connectivity index (χ1v) is 6.05. The van der Waals surface area contributed by atoms with E-state index in [9.17, 15) is 4.79 Å². The molecule has 0 spiro atoms. The first-order chi connectivity index (χ1) is 7.77. The van der Waals surface area contributed by atoms with Gasteiger partial charge in [-0.15, -0.1) is 0 Å². The van der Waals surface area contributed by atoms with Crippen molar-refractivity contribution in [3.8, 4) is 0 Å². The number of ether oxygens (including phenoxy) is 1. The quantitative estimate of drug-likeness (QED) is 0.773. The van der Waals surface area contributed by atoms with Gasteiger partial charge in [-0.1, -0.05) is 0 Å². The third-order valence-corrected chi connectivity index (χ3v) is 3.47. The molecule has 2 aromatic rings. The number of fused-ring (bicyclic) bond motifs is 1. The zero-order chi connectivity index (χ0) is 11.1. The SMILES string of the molecule is O=c1[nH]cnn2c(C3CCOC3)nc(I)c12. The lowest BCUT2D eigenvalue weighted by Crippen LogP contribution is -2.13. The zero-order valence-electron chi connectivity index (χ0n) is 8.31. The Bertz CT molecular complexity index is 585. The van der Waals surface area contributed by atoms with Gasteiger partial charge < -0.3 is 9.72 Å². The highest BCUT2D eigenvalue weighted by Gasteiger charge is 2.25. The van der Waals surface area contributed by atoms with Gasteiger partial charge in [-0.2, -0.15) is 5.10 Å². The van der Waals surface area contributed by atoms with Crippen LogP contribution >= 0.6 is 22.6 Å². The Kier molecular flexibility index (Phi) is 2.43. The number of aromatic amines is 1. The summed E-state index contributed by atoms with van der Waals surface area (Å²) in [6.07, 6.45) is 2.33. The van der Waals surface area contributed by atoms with Gasteiger partial charge in [-0.05, 0) is 29.0 Å². The van der Waals surface area contributed by atoms with E-state index in [0.29, 0.717) is 15.8 Å². The maximum absolute atomic E-state index is 11.6. The third kappa shape index (κ3) is 1.46. The van der Waals surface area contributed by atoms with Gasteiger partial charge in [0.25, 0.3) is 5.56 Å². The second-order valence-corrected chi connectivity index (χ2v) is 4.72. The maximum Gasteiger partial charge on any atom is 0.277 e. The van der Waals surface area contributed by atoms with Crippen LogP contribution in [0.25, 0.3) is 5.52 Å². The summed E-state index contributed by atoms with van der Waals surface area (Å²) < 4.78 is 7.64. The smallest absolute Gasteiger partial charge is 0.277 e. The molecule has 0 bridgehead atoms. The zero-order valence-corrected chi connectivity index (χ0v) is 10.5. The standard InChI is InChI=1S/C9H9IN4O2/c10-7-6-9(15)11-4-12-14(6)8(13-7)5-1-2-16-3-5/h4-5H,1-3H2,(H,11,12,15). The second kappa shape index (κ2) is 3.81. The highest BCUT2D eigenvalue weighted by Crippen LogP contribution is 2.25. The highest BCUT2D eigenvalue weighted by molar-refractivity contribution is 14.1. The molecule has 0 radical (unpaired) electrons. The minimum Gasteiger partial charge on any atom is -0.381 e. The molecular weight excluding hydrogens is 323 g/mol. The van der Waals surface area contributed by atoms with Crippen LogP contribution in [0.15, 0.2) is 11.1 Å². The molecule has 7 heteroatoms. The minimum absolute atomic E-state index is 0.155. The number of rotatable bonds is 1. The molecule has 3 heterocycles. The van der Waals surface area contributed by atoms with Crippen molar-refractivity contribution in [2.45, 2.75) is 12.3 Å². The number of nitrogens with zero attached hydrogens (tertiary/aromatic N) is 3. The van der Waals surface area contributed by atoms with E-state index < -0.39 is 0 Å². The molecule has 1 fully saturated rings. The molecule has 0 amide bonds. The van der Waals surface area contributed by atoms with E-state index in [2.05, 4.69) is 37.7 Å². The van der Waals surface area contributed by atoms with Crippen LogP contribution in [0.3, 0.4) is 0 Å². The second-order valence-electron chi connectivity index (χ2n) is 3.70. The Hall–Kier alpha value is -0.960. The van der Waals surface area contributed by atoms with Crippen LogP contribution in [0, 0.1) is 3.70 Å². The van der Waals surface area contributed by atoms with E-state index in [1.807, 2.05) is 0 Å². The summed E-state index contributed by atoms with van der Waals surface area (Å²) >= 11 is 2.06. The number of hydrogen-bond donors (Lipinski definition) is 1. The van der Waals surface area contributed by atoms with E-state index >= 15 is 0 Å². The fourth-order valence-electron chi connectivity index (χ4n) is 1.93. The van der Waals surface area contributed by atoms with Crippen molar-refractivity contribution >= 4 is 28.1 Å². The molecule has 0 aromatic carbocycles. The van der Waals surface area contributed by atoms with E-state index in [0.717, 1.165) is 18.9 Å². The summed E-state index contributed by atoms with van der Waals surface area (Å²) in [5.41, 5.74) is 0.363. The summed E-state index contributed by atoms with van der Waals surface area (Å²) in [5.74, 6) is 1.06. The van der Waals surface area contributed by atoms with Gasteiger partial charge in [-0.3, -0.25) is 4.79 Å². The molecule has 1 N–H and O–H groups in total. The Morgan fingerprint density at radius 2 is 2.50 bits per heavy atom. The summed E-state index contributed by atoms with van der Waals surface area (Å²) in [4.78, 5) is 18.6. The Labute approximate surface area is 104 Å². The molecule has 0 saturated carbocycles. The average Bonchev–Trinajstić information content (AvgIpc) is 2.86. The molecule has 3 rings (SSSR count). The normalized spacial score (nSPS) is 20.7. The topological polar surface area (TPSA) is 72.3 Å². The molecule has 1 saturated heterocycles. The lowest BCUT2D eigenvalue weighted by atomic mass is 10.1. The number of H-pyrrole nitrogens is 1. The van der Waals surface area contributed by atoms with Crippen molar-refractivity contribution in [2.24, 2.45) is 0 Å². The van der Waals surface area contributed by atoms with E-state index in [4.69, 9.17) is 4.74 Å². The molecule has 0 aliphatic carbocycles. The van der Waals surface area contributed by atoms with E-state index in [1.165, 1.54) is 6.33 Å². The minimum atomic E-state index is -0.155. The van der Waals surface area contributed by atoms with E-state index in [-0.39, 0.29) is 11.5 Å². The van der Waals surface area contributed by atoms with Crippen LogP contribution in [-0.2, 0) is 4.74 Å². The lowest BCUT2D eigenvalue weighted by Gasteiger charge is -2.04. The molecule has 1 aliphatic heterocycles. The maximum atomic E-state index is 11.6. The summed E-state index contributed by atoms with van der Waals surface area (Å²) in [7, 11) is 0. The van der Waals surface area contributed by atoms with Gasteiger partial charge in [0.05, 0.1) is 6.61 Å². The number of aromatic nitrogens is 4. The van der Waals surface area contributed by atoms with Gasteiger partial charge in [0, 0.05) is 12.5 Å². The predicted molar refractivity (Wildman–Crippen MR) is 64.5 cm³/mol. The van der Waals surface area contributed by atoms with Crippen molar-refractivity contribution in [2.75, 3.05) is 13.2 Å². The number of hydrogen-bond acceptors (Lipinski definition) is 4. The molecular formula is C9H9IN4O2. The summed E-state index contributed by atoms with van der Waals surface area (Å²) in [6, 6.07) is 0. The van der Waals surface area contributed by atoms with Crippen LogP contribution < -0.4 is 5.56 Å². The van der Waals surface area contributed by atoms with Gasteiger partial charge in [0.1, 0.15) is 15.9 Å². The molecule has 16 heavy (non-hydrogen) atoms. The third-order valence-electron chi connectivity index (χ3n) is 2.72. The Balaban J connectivity index is 2.26. The molecule has 1 aliphatic rings. The molecule has 84 valence electrons. The van der Waals surface area contributed by atoms with Crippen LogP contribution in [0.2, 0.25) is 0 Å². The largest absolute Gasteiger partial charge is 0.381 e. The van der Waals surface area contributed by atoms with Crippen molar-refractivity contribution in [3.05, 3.63) is 26.2 Å². The number of halogens is 1. The van der Waals surface area contributed by atoms with Crippen LogP contribution in [0.1, 0.15) is 18.2 Å². The predicted octanol–water partition coefficient (Wildman–Crippen LogP) is 0.526. The first kappa shape index (κ1) is 10.2. The van der Waals surface area contributed by atoms with Gasteiger partial charge in [0.15, 0.2) is 5.52 Å². The average molecular weight is 332 g/mol. The van der Waals surface area contributed by atoms with Crippen molar-refractivity contribution < 1.29 is 4.74 Å². The van der Waals surface area contributed by atoms with Gasteiger partial charge in [-0.25, -0.2) is 9.50 Å². The molecule has 1 atom stereocenters.